The molecule has 17 heavy (non-hydrogen) atoms. The van der Waals surface area contributed by atoms with Crippen LogP contribution in [0.2, 0.25) is 0 Å². The van der Waals surface area contributed by atoms with E-state index >= 15 is 0 Å². The van der Waals surface area contributed by atoms with Crippen molar-refractivity contribution in [3.8, 4) is 0 Å². The average molecular weight is 242 g/mol. The summed E-state index contributed by atoms with van der Waals surface area (Å²) in [6.45, 7) is 5.29. The van der Waals surface area contributed by atoms with E-state index in [0.717, 1.165) is 32.4 Å². The Morgan fingerprint density at radius 1 is 1.24 bits per heavy atom. The predicted octanol–water partition coefficient (Wildman–Crippen LogP) is 2.13. The van der Waals surface area contributed by atoms with Crippen molar-refractivity contribution in [3.05, 3.63) is 0 Å². The molecular weight excluding hydrogens is 212 g/mol. The van der Waals surface area contributed by atoms with E-state index in [-0.39, 0.29) is 6.10 Å². The number of hydrogen-bond donors (Lipinski definition) is 2. The van der Waals surface area contributed by atoms with Crippen LogP contribution in [0.3, 0.4) is 0 Å². The average Bonchev–Trinajstić information content (AvgIpc) is 2.32. The van der Waals surface area contributed by atoms with E-state index in [2.05, 4.69) is 11.8 Å². The van der Waals surface area contributed by atoms with Gasteiger partial charge in [-0.2, -0.15) is 0 Å². The SMILES string of the molecule is CCCCCC1CC(O)CCN1CCCCN. The van der Waals surface area contributed by atoms with E-state index in [1.807, 2.05) is 0 Å². The number of rotatable bonds is 8. The van der Waals surface area contributed by atoms with Crippen LogP contribution >= 0.6 is 0 Å². The minimum Gasteiger partial charge on any atom is -0.393 e. The van der Waals surface area contributed by atoms with Gasteiger partial charge >= 0.3 is 0 Å². The summed E-state index contributed by atoms with van der Waals surface area (Å²) < 4.78 is 0. The molecule has 0 bridgehead atoms. The van der Waals surface area contributed by atoms with Gasteiger partial charge < -0.3 is 15.7 Å². The van der Waals surface area contributed by atoms with E-state index in [1.54, 1.807) is 0 Å². The summed E-state index contributed by atoms with van der Waals surface area (Å²) in [5.41, 5.74) is 5.54. The second-order valence-electron chi connectivity index (χ2n) is 5.36. The van der Waals surface area contributed by atoms with E-state index in [4.69, 9.17) is 5.73 Å². The molecule has 0 aromatic heterocycles. The lowest BCUT2D eigenvalue weighted by molar-refractivity contribution is 0.0364. The molecule has 1 rings (SSSR count). The molecule has 0 aliphatic carbocycles. The van der Waals surface area contributed by atoms with Crippen molar-refractivity contribution < 1.29 is 5.11 Å². The summed E-state index contributed by atoms with van der Waals surface area (Å²) in [7, 11) is 0. The Bertz CT molecular complexity index is 187. The van der Waals surface area contributed by atoms with Gasteiger partial charge in [0.2, 0.25) is 0 Å². The van der Waals surface area contributed by atoms with Gasteiger partial charge in [0, 0.05) is 12.6 Å². The number of unbranched alkanes of at least 4 members (excludes halogenated alkanes) is 3. The number of aliphatic hydroxyl groups excluding tert-OH is 1. The minimum absolute atomic E-state index is 0.0626. The van der Waals surface area contributed by atoms with Crippen LogP contribution in [0.1, 0.15) is 58.3 Å². The Balaban J connectivity index is 2.29. The van der Waals surface area contributed by atoms with Gasteiger partial charge in [0.1, 0.15) is 0 Å². The topological polar surface area (TPSA) is 49.5 Å². The third-order valence-corrected chi connectivity index (χ3v) is 3.85. The fourth-order valence-electron chi connectivity index (χ4n) is 2.76. The summed E-state index contributed by atoms with van der Waals surface area (Å²) in [6, 6.07) is 0.614. The first-order valence-electron chi connectivity index (χ1n) is 7.40. The van der Waals surface area contributed by atoms with Crippen molar-refractivity contribution in [2.24, 2.45) is 5.73 Å². The summed E-state index contributed by atoms with van der Waals surface area (Å²) in [5.74, 6) is 0. The molecule has 1 heterocycles. The Morgan fingerprint density at radius 2 is 2.06 bits per heavy atom. The minimum atomic E-state index is -0.0626. The van der Waals surface area contributed by atoms with Crippen LogP contribution < -0.4 is 5.73 Å². The number of hydrogen-bond acceptors (Lipinski definition) is 3. The van der Waals surface area contributed by atoms with Crippen molar-refractivity contribution in [3.63, 3.8) is 0 Å². The quantitative estimate of drug-likeness (QED) is 0.641. The first kappa shape index (κ1) is 14.9. The monoisotopic (exact) mass is 242 g/mol. The molecule has 102 valence electrons. The smallest absolute Gasteiger partial charge is 0.0567 e. The van der Waals surface area contributed by atoms with Gasteiger partial charge in [-0.1, -0.05) is 26.2 Å². The molecule has 1 aliphatic heterocycles. The largest absolute Gasteiger partial charge is 0.393 e. The highest BCUT2D eigenvalue weighted by Crippen LogP contribution is 2.22. The van der Waals surface area contributed by atoms with Crippen molar-refractivity contribution >= 4 is 0 Å². The lowest BCUT2D eigenvalue weighted by atomic mass is 9.94. The molecule has 1 aliphatic rings. The maximum Gasteiger partial charge on any atom is 0.0567 e. The first-order valence-corrected chi connectivity index (χ1v) is 7.40. The fraction of sp³-hybridized carbons (Fsp3) is 1.00. The molecular formula is C14H30N2O. The molecule has 0 radical (unpaired) electrons. The van der Waals surface area contributed by atoms with E-state index < -0.39 is 0 Å². The van der Waals surface area contributed by atoms with Gasteiger partial charge in [-0.25, -0.2) is 0 Å². The van der Waals surface area contributed by atoms with E-state index in [9.17, 15) is 5.11 Å². The molecule has 1 fully saturated rings. The Labute approximate surface area is 106 Å². The molecule has 0 amide bonds. The number of nitrogens with zero attached hydrogens (tertiary/aromatic N) is 1. The first-order chi connectivity index (χ1) is 8.27. The maximum atomic E-state index is 9.78. The number of nitrogens with two attached hydrogens (primary N) is 1. The number of likely N-dealkylation sites (tertiary alicyclic amines) is 1. The highest BCUT2D eigenvalue weighted by atomic mass is 16.3. The van der Waals surface area contributed by atoms with Crippen LogP contribution in [0.15, 0.2) is 0 Å². The molecule has 0 aromatic carbocycles. The zero-order valence-corrected chi connectivity index (χ0v) is 11.4. The molecule has 1 saturated heterocycles. The van der Waals surface area contributed by atoms with Crippen LogP contribution in [0.4, 0.5) is 0 Å². The second-order valence-corrected chi connectivity index (χ2v) is 5.36. The van der Waals surface area contributed by atoms with Gasteiger partial charge in [-0.15, -0.1) is 0 Å². The van der Waals surface area contributed by atoms with Crippen molar-refractivity contribution in [2.45, 2.75) is 70.4 Å². The van der Waals surface area contributed by atoms with Crippen LogP contribution in [0.25, 0.3) is 0 Å². The normalized spacial score (nSPS) is 26.3. The molecule has 3 nitrogen and oxygen atoms in total. The van der Waals surface area contributed by atoms with Gasteiger partial charge in [0.25, 0.3) is 0 Å². The summed E-state index contributed by atoms with van der Waals surface area (Å²) >= 11 is 0. The van der Waals surface area contributed by atoms with Gasteiger partial charge in [0.05, 0.1) is 6.10 Å². The Morgan fingerprint density at radius 3 is 2.76 bits per heavy atom. The van der Waals surface area contributed by atoms with Crippen molar-refractivity contribution in [2.75, 3.05) is 19.6 Å². The second kappa shape index (κ2) is 8.90. The van der Waals surface area contributed by atoms with Gasteiger partial charge in [-0.3, -0.25) is 0 Å². The number of aliphatic hydroxyl groups is 1. The summed E-state index contributed by atoms with van der Waals surface area (Å²) in [5, 5.41) is 9.78. The highest BCUT2D eigenvalue weighted by molar-refractivity contribution is 4.81. The van der Waals surface area contributed by atoms with Crippen LogP contribution in [0.5, 0.6) is 0 Å². The molecule has 3 N–H and O–H groups in total. The Kier molecular flexibility index (Phi) is 7.82. The maximum absolute atomic E-state index is 9.78. The molecule has 0 saturated carbocycles. The lowest BCUT2D eigenvalue weighted by Gasteiger charge is -2.38. The highest BCUT2D eigenvalue weighted by Gasteiger charge is 2.26. The molecule has 3 heteroatoms. The lowest BCUT2D eigenvalue weighted by Crippen LogP contribution is -2.44. The fourth-order valence-corrected chi connectivity index (χ4v) is 2.76. The van der Waals surface area contributed by atoms with Crippen LogP contribution in [-0.2, 0) is 0 Å². The molecule has 2 atom stereocenters. The standard InChI is InChI=1S/C14H30N2O/c1-2-3-4-7-13-12-14(17)8-11-16(13)10-6-5-9-15/h13-14,17H,2-12,15H2,1H3. The number of piperidine rings is 1. The molecule has 0 aromatic rings. The third kappa shape index (κ3) is 5.84. The van der Waals surface area contributed by atoms with Gasteiger partial charge in [0.15, 0.2) is 0 Å². The predicted molar refractivity (Wildman–Crippen MR) is 73.0 cm³/mol. The molecule has 2 unspecified atom stereocenters. The zero-order chi connectivity index (χ0) is 12.5. The molecule has 0 spiro atoms. The van der Waals surface area contributed by atoms with Gasteiger partial charge in [-0.05, 0) is 45.2 Å². The van der Waals surface area contributed by atoms with E-state index in [0.29, 0.717) is 6.04 Å². The zero-order valence-electron chi connectivity index (χ0n) is 11.4. The van der Waals surface area contributed by atoms with Crippen molar-refractivity contribution in [1.82, 2.24) is 4.90 Å². The Hall–Kier alpha value is -0.120. The van der Waals surface area contributed by atoms with Crippen LogP contribution in [-0.4, -0.2) is 41.8 Å². The van der Waals surface area contributed by atoms with E-state index in [1.165, 1.54) is 38.6 Å². The third-order valence-electron chi connectivity index (χ3n) is 3.85. The van der Waals surface area contributed by atoms with Crippen LogP contribution in [0, 0.1) is 0 Å². The summed E-state index contributed by atoms with van der Waals surface area (Å²) in [6.07, 6.45) is 9.37. The van der Waals surface area contributed by atoms with Crippen molar-refractivity contribution in [1.29, 1.82) is 0 Å². The summed E-state index contributed by atoms with van der Waals surface area (Å²) in [4.78, 5) is 2.58.